The van der Waals surface area contributed by atoms with E-state index in [0.717, 1.165) is 19.6 Å². The Hall–Kier alpha value is -1.48. The average Bonchev–Trinajstić information content (AvgIpc) is 2.84. The molecule has 0 aromatic heterocycles. The quantitative estimate of drug-likeness (QED) is 0.716. The molecule has 1 heterocycles. The number of nitrogens with one attached hydrogen (secondary N) is 2. The Balaban J connectivity index is 1.84. The highest BCUT2D eigenvalue weighted by molar-refractivity contribution is 7.89. The number of carbonyl (C=O) groups is 1. The molecule has 134 valence electrons. The second-order valence-corrected chi connectivity index (χ2v) is 7.47. The van der Waals surface area contributed by atoms with Crippen LogP contribution in [0.1, 0.15) is 36.0 Å². The lowest BCUT2D eigenvalue weighted by atomic mass is 10.2. The van der Waals surface area contributed by atoms with Gasteiger partial charge in [0.2, 0.25) is 0 Å². The minimum Gasteiger partial charge on any atom is -0.351 e. The predicted molar refractivity (Wildman–Crippen MR) is 91.0 cm³/mol. The van der Waals surface area contributed by atoms with Crippen LogP contribution in [0.2, 0.25) is 0 Å². The van der Waals surface area contributed by atoms with Crippen LogP contribution < -0.4 is 10.2 Å². The number of hydrogen-bond acceptors (Lipinski definition) is 5. The van der Waals surface area contributed by atoms with Crippen LogP contribution in [0.4, 0.5) is 0 Å². The monoisotopic (exact) mass is 355 g/mol. The summed E-state index contributed by atoms with van der Waals surface area (Å²) in [7, 11) is -2.47. The topological polar surface area (TPSA) is 87.7 Å². The van der Waals surface area contributed by atoms with Crippen molar-refractivity contribution >= 4 is 15.9 Å². The van der Waals surface area contributed by atoms with Gasteiger partial charge in [0.15, 0.2) is 0 Å². The van der Waals surface area contributed by atoms with Gasteiger partial charge in [0, 0.05) is 18.7 Å². The Morgan fingerprint density at radius 3 is 2.33 bits per heavy atom. The van der Waals surface area contributed by atoms with Gasteiger partial charge in [0.1, 0.15) is 0 Å². The molecule has 2 N–H and O–H groups in total. The molecule has 1 fully saturated rings. The fraction of sp³-hybridized carbons (Fsp3) is 0.562. The minimum atomic E-state index is -3.70. The van der Waals surface area contributed by atoms with E-state index in [-0.39, 0.29) is 10.8 Å². The lowest BCUT2D eigenvalue weighted by Gasteiger charge is -2.19. The first-order valence-corrected chi connectivity index (χ1v) is 9.66. The molecule has 0 radical (unpaired) electrons. The highest BCUT2D eigenvalue weighted by Gasteiger charge is 2.15. The molecule has 1 aromatic carbocycles. The Kier molecular flexibility index (Phi) is 7.16. The standard InChI is InChI=1S/C16H25N3O4S/c1-23-18-24(21,22)15-8-6-14(7-9-15)16(20)17-10-13-19-11-4-2-3-5-12-19/h6-9,18H,2-5,10-13H2,1H3,(H,17,20). The van der Waals surface area contributed by atoms with Gasteiger partial charge in [-0.3, -0.25) is 9.63 Å². The van der Waals surface area contributed by atoms with Crippen molar-refractivity contribution in [1.29, 1.82) is 0 Å². The van der Waals surface area contributed by atoms with Gasteiger partial charge in [-0.25, -0.2) is 8.42 Å². The maximum absolute atomic E-state index is 12.1. The molecule has 0 bridgehead atoms. The molecule has 1 amide bonds. The van der Waals surface area contributed by atoms with Crippen molar-refractivity contribution in [2.24, 2.45) is 0 Å². The van der Waals surface area contributed by atoms with Crippen molar-refractivity contribution in [1.82, 2.24) is 15.1 Å². The number of nitrogens with zero attached hydrogens (tertiary/aromatic N) is 1. The van der Waals surface area contributed by atoms with Gasteiger partial charge in [0.05, 0.1) is 12.0 Å². The third-order valence-corrected chi connectivity index (χ3v) is 5.31. The molecule has 8 heteroatoms. The molecule has 1 aliphatic heterocycles. The van der Waals surface area contributed by atoms with Crippen LogP contribution >= 0.6 is 0 Å². The average molecular weight is 355 g/mol. The van der Waals surface area contributed by atoms with Gasteiger partial charge >= 0.3 is 0 Å². The molecular weight excluding hydrogens is 330 g/mol. The van der Waals surface area contributed by atoms with Gasteiger partial charge < -0.3 is 10.2 Å². The second-order valence-electron chi connectivity index (χ2n) is 5.83. The third-order valence-electron chi connectivity index (χ3n) is 4.03. The van der Waals surface area contributed by atoms with Crippen LogP contribution in [-0.2, 0) is 14.9 Å². The minimum absolute atomic E-state index is 0.0467. The molecular formula is C16H25N3O4S. The van der Waals surface area contributed by atoms with E-state index in [1.807, 2.05) is 4.89 Å². The van der Waals surface area contributed by atoms with Crippen LogP contribution in [0.5, 0.6) is 0 Å². The SMILES string of the molecule is CONS(=O)(=O)c1ccc(C(=O)NCCN2CCCCCC2)cc1. The number of hydrogen-bond donors (Lipinski definition) is 2. The Bertz CT molecular complexity index is 623. The van der Waals surface area contributed by atoms with Crippen LogP contribution in [0.15, 0.2) is 29.2 Å². The van der Waals surface area contributed by atoms with Gasteiger partial charge in [0.25, 0.3) is 15.9 Å². The summed E-state index contributed by atoms with van der Waals surface area (Å²) in [6.07, 6.45) is 5.02. The molecule has 0 saturated carbocycles. The van der Waals surface area contributed by atoms with E-state index in [1.165, 1.54) is 57.1 Å². The maximum atomic E-state index is 12.1. The van der Waals surface area contributed by atoms with Crippen LogP contribution in [0.25, 0.3) is 0 Å². The molecule has 1 aromatic rings. The normalized spacial score (nSPS) is 16.5. The third kappa shape index (κ3) is 5.55. The first-order valence-electron chi connectivity index (χ1n) is 8.18. The summed E-state index contributed by atoms with van der Waals surface area (Å²) in [6.45, 7) is 3.62. The fourth-order valence-electron chi connectivity index (χ4n) is 2.73. The second kappa shape index (κ2) is 9.12. The number of rotatable bonds is 7. The van der Waals surface area contributed by atoms with Crippen LogP contribution in [0.3, 0.4) is 0 Å². The van der Waals surface area contributed by atoms with Crippen molar-refractivity contribution in [3.63, 3.8) is 0 Å². The van der Waals surface area contributed by atoms with E-state index >= 15 is 0 Å². The Labute approximate surface area is 143 Å². The summed E-state index contributed by atoms with van der Waals surface area (Å²) < 4.78 is 23.5. The zero-order valence-electron chi connectivity index (χ0n) is 14.0. The van der Waals surface area contributed by atoms with Crippen molar-refractivity contribution in [2.75, 3.05) is 33.3 Å². The molecule has 1 aliphatic rings. The molecule has 24 heavy (non-hydrogen) atoms. The van der Waals surface area contributed by atoms with Crippen LogP contribution in [-0.4, -0.2) is 52.5 Å². The number of sulfonamides is 1. The summed E-state index contributed by atoms with van der Waals surface area (Å²) >= 11 is 0. The summed E-state index contributed by atoms with van der Waals surface area (Å²) in [6, 6.07) is 5.74. The van der Waals surface area contributed by atoms with Crippen molar-refractivity contribution < 1.29 is 18.0 Å². The van der Waals surface area contributed by atoms with Crippen molar-refractivity contribution in [2.45, 2.75) is 30.6 Å². The van der Waals surface area contributed by atoms with Crippen molar-refractivity contribution in [3.8, 4) is 0 Å². The zero-order valence-corrected chi connectivity index (χ0v) is 14.8. The Morgan fingerprint density at radius 2 is 1.75 bits per heavy atom. The maximum Gasteiger partial charge on any atom is 0.262 e. The lowest BCUT2D eigenvalue weighted by Crippen LogP contribution is -2.35. The zero-order chi connectivity index (χ0) is 17.4. The van der Waals surface area contributed by atoms with Gasteiger partial charge in [-0.2, -0.15) is 0 Å². The number of carbonyl (C=O) groups excluding carboxylic acids is 1. The Morgan fingerprint density at radius 1 is 1.12 bits per heavy atom. The first kappa shape index (κ1) is 18.9. The molecule has 0 aliphatic carbocycles. The van der Waals surface area contributed by atoms with E-state index in [4.69, 9.17) is 0 Å². The van der Waals surface area contributed by atoms with E-state index in [9.17, 15) is 13.2 Å². The molecule has 1 saturated heterocycles. The number of likely N-dealkylation sites (tertiary alicyclic amines) is 1. The molecule has 2 rings (SSSR count). The summed E-state index contributed by atoms with van der Waals surface area (Å²) in [5.74, 6) is -0.200. The first-order chi connectivity index (χ1) is 11.5. The summed E-state index contributed by atoms with van der Waals surface area (Å²) in [5.41, 5.74) is 0.433. The van der Waals surface area contributed by atoms with E-state index < -0.39 is 10.0 Å². The van der Waals surface area contributed by atoms with E-state index in [0.29, 0.717) is 12.1 Å². The molecule has 0 atom stereocenters. The van der Waals surface area contributed by atoms with Crippen LogP contribution in [0, 0.1) is 0 Å². The summed E-state index contributed by atoms with van der Waals surface area (Å²) in [4.78, 5) is 20.9. The van der Waals surface area contributed by atoms with E-state index in [2.05, 4.69) is 15.1 Å². The number of benzene rings is 1. The number of amides is 1. The van der Waals surface area contributed by atoms with Gasteiger partial charge in [-0.05, 0) is 50.2 Å². The van der Waals surface area contributed by atoms with Gasteiger partial charge in [-0.1, -0.05) is 17.7 Å². The summed E-state index contributed by atoms with van der Waals surface area (Å²) in [5, 5.41) is 2.88. The molecule has 7 nitrogen and oxygen atoms in total. The predicted octanol–water partition coefficient (Wildman–Crippen LogP) is 1.13. The highest BCUT2D eigenvalue weighted by Crippen LogP contribution is 2.11. The molecule has 0 spiro atoms. The van der Waals surface area contributed by atoms with E-state index in [1.54, 1.807) is 0 Å². The van der Waals surface area contributed by atoms with Gasteiger partial charge in [-0.15, -0.1) is 0 Å². The largest absolute Gasteiger partial charge is 0.351 e. The smallest absolute Gasteiger partial charge is 0.262 e. The molecule has 0 unspecified atom stereocenters. The lowest BCUT2D eigenvalue weighted by molar-refractivity contribution is 0.0948. The highest BCUT2D eigenvalue weighted by atomic mass is 32.2. The van der Waals surface area contributed by atoms with Crippen molar-refractivity contribution in [3.05, 3.63) is 29.8 Å². The fourth-order valence-corrected chi connectivity index (χ4v) is 3.54.